The Morgan fingerprint density at radius 2 is 2.06 bits per heavy atom. The lowest BCUT2D eigenvalue weighted by atomic mass is 9.70. The molecule has 0 aromatic heterocycles. The van der Waals surface area contributed by atoms with Crippen LogP contribution in [0.3, 0.4) is 0 Å². The zero-order valence-corrected chi connectivity index (χ0v) is 19.7. The molecule has 4 rings (SSSR count). The van der Waals surface area contributed by atoms with E-state index in [0.717, 1.165) is 0 Å². The van der Waals surface area contributed by atoms with E-state index < -0.39 is 47.5 Å². The second kappa shape index (κ2) is 8.64. The van der Waals surface area contributed by atoms with Crippen molar-refractivity contribution in [1.29, 1.82) is 0 Å². The first-order valence-electron chi connectivity index (χ1n) is 10.7. The maximum Gasteiger partial charge on any atom is 0.312 e. The molecule has 174 valence electrons. The minimum Gasteiger partial charge on any atom is -0.497 e. The molecule has 0 saturated carbocycles. The summed E-state index contributed by atoms with van der Waals surface area (Å²) in [5, 5.41) is 12.7. The third kappa shape index (κ3) is 3.39. The monoisotopic (exact) mass is 510 g/mol. The Labute approximate surface area is 194 Å². The Balaban J connectivity index is 1.71. The summed E-state index contributed by atoms with van der Waals surface area (Å²) in [6, 6.07) is 5.19. The highest BCUT2D eigenvalue weighted by molar-refractivity contribution is 9.09. The lowest BCUT2D eigenvalue weighted by molar-refractivity contribution is -0.155. The summed E-state index contributed by atoms with van der Waals surface area (Å²) in [6.07, 6.45) is -0.176. The van der Waals surface area contributed by atoms with Crippen molar-refractivity contribution in [2.24, 2.45) is 11.8 Å². The number of hydrogen-bond donors (Lipinski definition) is 2. The van der Waals surface area contributed by atoms with E-state index in [1.165, 1.54) is 4.90 Å². The number of ether oxygens (including phenoxy) is 3. The normalized spacial score (nSPS) is 33.7. The molecule has 10 heteroatoms. The molecule has 0 radical (unpaired) electrons. The highest BCUT2D eigenvalue weighted by Crippen LogP contribution is 2.60. The highest BCUT2D eigenvalue weighted by atomic mass is 79.9. The summed E-state index contributed by atoms with van der Waals surface area (Å²) < 4.78 is 16.7. The number of nitrogens with zero attached hydrogens (tertiary/aromatic N) is 1. The van der Waals surface area contributed by atoms with Crippen LogP contribution < -0.4 is 10.1 Å². The van der Waals surface area contributed by atoms with Gasteiger partial charge < -0.3 is 29.5 Å². The minimum atomic E-state index is -1.19. The van der Waals surface area contributed by atoms with Crippen molar-refractivity contribution >= 4 is 39.4 Å². The largest absolute Gasteiger partial charge is 0.497 e. The van der Waals surface area contributed by atoms with E-state index in [-0.39, 0.29) is 23.9 Å². The van der Waals surface area contributed by atoms with Crippen LogP contribution in [0.2, 0.25) is 0 Å². The molecule has 3 aliphatic heterocycles. The number of anilines is 1. The van der Waals surface area contributed by atoms with Crippen molar-refractivity contribution in [2.45, 2.75) is 48.9 Å². The molecule has 3 heterocycles. The third-order valence-corrected chi connectivity index (χ3v) is 7.48. The Bertz CT molecular complexity index is 910. The fourth-order valence-corrected chi connectivity index (χ4v) is 6.26. The van der Waals surface area contributed by atoms with Gasteiger partial charge in [-0.3, -0.25) is 14.4 Å². The molecule has 2 amide bonds. The van der Waals surface area contributed by atoms with Crippen molar-refractivity contribution in [2.75, 3.05) is 25.6 Å². The number of hydrogen-bond acceptors (Lipinski definition) is 7. The molecular formula is C22H27BrN2O7. The van der Waals surface area contributed by atoms with E-state index in [1.54, 1.807) is 45.2 Å². The Kier molecular flexibility index (Phi) is 6.21. The van der Waals surface area contributed by atoms with Gasteiger partial charge in [-0.1, -0.05) is 15.9 Å². The average molecular weight is 511 g/mol. The van der Waals surface area contributed by atoms with Gasteiger partial charge in [0.25, 0.3) is 0 Å². The number of rotatable bonds is 7. The van der Waals surface area contributed by atoms with Crippen molar-refractivity contribution in [3.63, 3.8) is 0 Å². The lowest BCUT2D eigenvalue weighted by Crippen LogP contribution is -2.56. The number of nitrogens with one attached hydrogen (secondary N) is 1. The number of alkyl halides is 1. The second-order valence-corrected chi connectivity index (χ2v) is 9.59. The summed E-state index contributed by atoms with van der Waals surface area (Å²) in [7, 11) is 1.55. The number of amides is 2. The van der Waals surface area contributed by atoms with Gasteiger partial charge in [-0.05, 0) is 44.5 Å². The van der Waals surface area contributed by atoms with E-state index in [9.17, 15) is 19.5 Å². The Morgan fingerprint density at radius 1 is 1.38 bits per heavy atom. The first kappa shape index (κ1) is 23.0. The molecule has 1 aromatic rings. The molecule has 7 atom stereocenters. The second-order valence-electron chi connectivity index (χ2n) is 8.41. The van der Waals surface area contributed by atoms with E-state index >= 15 is 0 Å². The van der Waals surface area contributed by atoms with Gasteiger partial charge >= 0.3 is 5.97 Å². The summed E-state index contributed by atoms with van der Waals surface area (Å²) >= 11 is 3.58. The number of aliphatic hydroxyl groups is 1. The summed E-state index contributed by atoms with van der Waals surface area (Å²) in [4.78, 5) is 41.1. The van der Waals surface area contributed by atoms with Crippen molar-refractivity contribution in [1.82, 2.24) is 4.90 Å². The number of esters is 1. The number of carbonyl (C=O) groups excluding carboxylic acids is 3. The molecular weight excluding hydrogens is 484 g/mol. The third-order valence-electron chi connectivity index (χ3n) is 6.63. The molecule has 1 aromatic carbocycles. The topological polar surface area (TPSA) is 114 Å². The molecule has 9 nitrogen and oxygen atoms in total. The number of halogens is 1. The molecule has 1 spiro atoms. The first-order valence-corrected chi connectivity index (χ1v) is 11.6. The maximum absolute atomic E-state index is 13.6. The Hall–Kier alpha value is -2.17. The van der Waals surface area contributed by atoms with Crippen LogP contribution in [0, 0.1) is 11.8 Å². The number of methoxy groups -OCH3 is 1. The standard InChI is InChI=1S/C22H27BrN2O7/c1-4-31-21(29)15-16-20(28)25(11(2)10-26)18(22(16)9-14(23)17(15)32-22)19(27)24-12-5-7-13(30-3)8-6-12/h5-8,11,14-18,26H,4,9-10H2,1-3H3,(H,24,27)/t11-,14?,15-,16+,17-,18-,22+/m1/s1. The van der Waals surface area contributed by atoms with Gasteiger partial charge in [0.05, 0.1) is 44.3 Å². The van der Waals surface area contributed by atoms with Crippen LogP contribution in [0.15, 0.2) is 24.3 Å². The summed E-state index contributed by atoms with van der Waals surface area (Å²) in [5.74, 6) is -2.33. The van der Waals surface area contributed by atoms with E-state index in [2.05, 4.69) is 21.2 Å². The number of likely N-dealkylation sites (tertiary alicyclic amines) is 1. The van der Waals surface area contributed by atoms with E-state index in [1.807, 2.05) is 0 Å². The van der Waals surface area contributed by atoms with Crippen LogP contribution in [0.5, 0.6) is 5.75 Å². The van der Waals surface area contributed by atoms with Gasteiger partial charge in [0, 0.05) is 10.5 Å². The van der Waals surface area contributed by atoms with Crippen molar-refractivity contribution in [3.8, 4) is 5.75 Å². The van der Waals surface area contributed by atoms with E-state index in [4.69, 9.17) is 14.2 Å². The smallest absolute Gasteiger partial charge is 0.312 e. The average Bonchev–Trinajstić information content (AvgIpc) is 3.37. The predicted octanol–water partition coefficient (Wildman–Crippen LogP) is 1.33. The Morgan fingerprint density at radius 3 is 2.66 bits per heavy atom. The SMILES string of the molecule is CCOC(=O)[C@H]1[C@@H]2O[C@@]3(CC2Br)[C@@H]1C(=O)N([C@H](C)CO)[C@@H]3C(=O)Nc1ccc(OC)cc1. The van der Waals surface area contributed by atoms with E-state index in [0.29, 0.717) is 17.9 Å². The van der Waals surface area contributed by atoms with Gasteiger partial charge in [-0.2, -0.15) is 0 Å². The first-order chi connectivity index (χ1) is 15.3. The van der Waals surface area contributed by atoms with Crippen LogP contribution in [-0.4, -0.2) is 76.7 Å². The molecule has 32 heavy (non-hydrogen) atoms. The van der Waals surface area contributed by atoms with Gasteiger partial charge in [0.1, 0.15) is 17.4 Å². The predicted molar refractivity (Wildman–Crippen MR) is 117 cm³/mol. The molecule has 2 N–H and O–H groups in total. The highest BCUT2D eigenvalue weighted by Gasteiger charge is 2.77. The molecule has 3 saturated heterocycles. The summed E-state index contributed by atoms with van der Waals surface area (Å²) in [5.41, 5.74) is -0.655. The maximum atomic E-state index is 13.6. The van der Waals surface area contributed by atoms with Crippen LogP contribution >= 0.6 is 15.9 Å². The van der Waals surface area contributed by atoms with Crippen molar-refractivity contribution < 1.29 is 33.7 Å². The summed E-state index contributed by atoms with van der Waals surface area (Å²) in [6.45, 7) is 3.23. The van der Waals surface area contributed by atoms with Gasteiger partial charge in [0.2, 0.25) is 11.8 Å². The molecule has 3 aliphatic rings. The molecule has 3 fully saturated rings. The van der Waals surface area contributed by atoms with Crippen molar-refractivity contribution in [3.05, 3.63) is 24.3 Å². The van der Waals surface area contributed by atoms with Crippen LogP contribution in [0.4, 0.5) is 5.69 Å². The van der Waals surface area contributed by atoms with Gasteiger partial charge in [-0.15, -0.1) is 0 Å². The molecule has 2 bridgehead atoms. The number of carbonyl (C=O) groups is 3. The number of aliphatic hydroxyl groups excluding tert-OH is 1. The van der Waals surface area contributed by atoms with Crippen LogP contribution in [0.25, 0.3) is 0 Å². The zero-order valence-electron chi connectivity index (χ0n) is 18.1. The minimum absolute atomic E-state index is 0.182. The van der Waals surface area contributed by atoms with Gasteiger partial charge in [0.15, 0.2) is 0 Å². The number of fused-ring (bicyclic) bond motifs is 1. The van der Waals surface area contributed by atoms with Crippen LogP contribution in [-0.2, 0) is 23.9 Å². The molecule has 1 unspecified atom stereocenters. The molecule has 0 aliphatic carbocycles. The number of benzene rings is 1. The fourth-order valence-electron chi connectivity index (χ4n) is 5.32. The fraction of sp³-hybridized carbons (Fsp3) is 0.591. The zero-order chi connectivity index (χ0) is 23.2. The lowest BCUT2D eigenvalue weighted by Gasteiger charge is -2.35. The van der Waals surface area contributed by atoms with Gasteiger partial charge in [-0.25, -0.2) is 0 Å². The van der Waals surface area contributed by atoms with Crippen LogP contribution in [0.1, 0.15) is 20.3 Å². The quantitative estimate of drug-likeness (QED) is 0.420.